The first kappa shape index (κ1) is 9.95. The minimum absolute atomic E-state index is 0.159. The van der Waals surface area contributed by atoms with Crippen LogP contribution in [-0.2, 0) is 9.53 Å². The summed E-state index contributed by atoms with van der Waals surface area (Å²) in [5.74, 6) is -0.159. The van der Waals surface area contributed by atoms with E-state index in [-0.39, 0.29) is 5.97 Å². The lowest BCUT2D eigenvalue weighted by molar-refractivity contribution is -0.140. The second-order valence-corrected chi connectivity index (χ2v) is 2.11. The molecule has 0 amide bonds. The van der Waals surface area contributed by atoms with Crippen molar-refractivity contribution in [3.8, 4) is 0 Å². The molecule has 0 N–H and O–H groups in total. The Balaban J connectivity index is 3.25. The van der Waals surface area contributed by atoms with Gasteiger partial charge in [0.05, 0.1) is 7.11 Å². The van der Waals surface area contributed by atoms with Gasteiger partial charge in [-0.2, -0.15) is 0 Å². The van der Waals surface area contributed by atoms with Gasteiger partial charge in [-0.25, -0.2) is 0 Å². The lowest BCUT2D eigenvalue weighted by Gasteiger charge is -1.93. The highest BCUT2D eigenvalue weighted by Gasteiger charge is 1.94. The number of rotatable bonds is 5. The topological polar surface area (TPSA) is 26.3 Å². The SMILES string of the molecule is C=CCC=CCCC(=O)OC. The van der Waals surface area contributed by atoms with Crippen LogP contribution >= 0.6 is 0 Å². The van der Waals surface area contributed by atoms with Crippen LogP contribution in [0.25, 0.3) is 0 Å². The summed E-state index contributed by atoms with van der Waals surface area (Å²) < 4.78 is 4.46. The molecule has 0 aromatic carbocycles. The zero-order valence-corrected chi connectivity index (χ0v) is 6.88. The molecule has 0 radical (unpaired) electrons. The molecule has 11 heavy (non-hydrogen) atoms. The van der Waals surface area contributed by atoms with Crippen LogP contribution in [0.1, 0.15) is 19.3 Å². The predicted molar refractivity (Wildman–Crippen MR) is 45.2 cm³/mol. The fourth-order valence-electron chi connectivity index (χ4n) is 0.614. The second-order valence-electron chi connectivity index (χ2n) is 2.11. The number of hydrogen-bond donors (Lipinski definition) is 0. The number of allylic oxidation sites excluding steroid dienone is 3. The van der Waals surface area contributed by atoms with Gasteiger partial charge in [0.1, 0.15) is 0 Å². The first-order valence-electron chi connectivity index (χ1n) is 3.64. The Morgan fingerprint density at radius 3 is 2.82 bits per heavy atom. The summed E-state index contributed by atoms with van der Waals surface area (Å²) in [6, 6.07) is 0. The highest BCUT2D eigenvalue weighted by Crippen LogP contribution is 1.94. The zero-order chi connectivity index (χ0) is 8.53. The third kappa shape index (κ3) is 6.84. The molecule has 0 saturated carbocycles. The van der Waals surface area contributed by atoms with Gasteiger partial charge in [-0.3, -0.25) is 4.79 Å². The van der Waals surface area contributed by atoms with Crippen LogP contribution in [0.2, 0.25) is 0 Å². The lowest BCUT2D eigenvalue weighted by atomic mass is 10.2. The van der Waals surface area contributed by atoms with Crippen LogP contribution in [0.4, 0.5) is 0 Å². The largest absolute Gasteiger partial charge is 0.469 e. The summed E-state index contributed by atoms with van der Waals surface area (Å²) in [6.45, 7) is 3.57. The molecular weight excluding hydrogens is 140 g/mol. The molecule has 0 atom stereocenters. The quantitative estimate of drug-likeness (QED) is 0.447. The highest BCUT2D eigenvalue weighted by atomic mass is 16.5. The van der Waals surface area contributed by atoms with Crippen molar-refractivity contribution in [2.75, 3.05) is 7.11 Å². The van der Waals surface area contributed by atoms with Crippen LogP contribution in [0, 0.1) is 0 Å². The summed E-state index contributed by atoms with van der Waals surface area (Å²) in [6.07, 6.45) is 7.83. The summed E-state index contributed by atoms with van der Waals surface area (Å²) in [5.41, 5.74) is 0. The maximum absolute atomic E-state index is 10.6. The van der Waals surface area contributed by atoms with E-state index in [1.165, 1.54) is 7.11 Å². The van der Waals surface area contributed by atoms with Crippen molar-refractivity contribution in [2.24, 2.45) is 0 Å². The first-order valence-corrected chi connectivity index (χ1v) is 3.64. The normalized spacial score (nSPS) is 9.91. The van der Waals surface area contributed by atoms with Gasteiger partial charge in [0.15, 0.2) is 0 Å². The fraction of sp³-hybridized carbons (Fsp3) is 0.444. The van der Waals surface area contributed by atoms with Crippen LogP contribution in [-0.4, -0.2) is 13.1 Å². The van der Waals surface area contributed by atoms with E-state index in [1.807, 2.05) is 18.2 Å². The Morgan fingerprint density at radius 2 is 2.27 bits per heavy atom. The zero-order valence-electron chi connectivity index (χ0n) is 6.88. The molecule has 0 aromatic rings. The van der Waals surface area contributed by atoms with Crippen molar-refractivity contribution in [2.45, 2.75) is 19.3 Å². The molecule has 0 aliphatic carbocycles. The van der Waals surface area contributed by atoms with Gasteiger partial charge in [0, 0.05) is 6.42 Å². The number of hydrogen-bond acceptors (Lipinski definition) is 2. The maximum atomic E-state index is 10.6. The molecule has 0 fully saturated rings. The van der Waals surface area contributed by atoms with E-state index in [9.17, 15) is 4.79 Å². The van der Waals surface area contributed by atoms with E-state index in [0.717, 1.165) is 12.8 Å². The monoisotopic (exact) mass is 154 g/mol. The van der Waals surface area contributed by atoms with E-state index in [1.54, 1.807) is 0 Å². The lowest BCUT2D eigenvalue weighted by Crippen LogP contribution is -1.97. The van der Waals surface area contributed by atoms with Crippen molar-refractivity contribution in [3.05, 3.63) is 24.8 Å². The van der Waals surface area contributed by atoms with Gasteiger partial charge < -0.3 is 4.74 Å². The summed E-state index contributed by atoms with van der Waals surface area (Å²) >= 11 is 0. The fourth-order valence-corrected chi connectivity index (χ4v) is 0.614. The maximum Gasteiger partial charge on any atom is 0.305 e. The summed E-state index contributed by atoms with van der Waals surface area (Å²) in [5, 5.41) is 0. The Kier molecular flexibility index (Phi) is 6.39. The van der Waals surface area contributed by atoms with Gasteiger partial charge in [-0.15, -0.1) is 6.58 Å². The standard InChI is InChI=1S/C9H14O2/c1-3-4-5-6-7-8-9(10)11-2/h3,5-6H,1,4,7-8H2,2H3. The van der Waals surface area contributed by atoms with Crippen LogP contribution in [0.15, 0.2) is 24.8 Å². The summed E-state index contributed by atoms with van der Waals surface area (Å²) in [4.78, 5) is 10.6. The molecule has 0 aliphatic rings. The van der Waals surface area contributed by atoms with Crippen molar-refractivity contribution < 1.29 is 9.53 Å². The average molecular weight is 154 g/mol. The predicted octanol–water partition coefficient (Wildman–Crippen LogP) is 2.07. The molecule has 0 saturated heterocycles. The Labute approximate surface area is 67.6 Å². The van der Waals surface area contributed by atoms with Gasteiger partial charge in [-0.05, 0) is 12.8 Å². The van der Waals surface area contributed by atoms with Crippen molar-refractivity contribution in [3.63, 3.8) is 0 Å². The molecule has 0 unspecified atom stereocenters. The third-order valence-electron chi connectivity index (χ3n) is 1.21. The molecule has 0 bridgehead atoms. The van der Waals surface area contributed by atoms with Gasteiger partial charge in [-0.1, -0.05) is 18.2 Å². The molecule has 0 aliphatic heterocycles. The molecular formula is C9H14O2. The Morgan fingerprint density at radius 1 is 1.55 bits per heavy atom. The van der Waals surface area contributed by atoms with Gasteiger partial charge in [0.25, 0.3) is 0 Å². The molecule has 0 aromatic heterocycles. The van der Waals surface area contributed by atoms with Crippen LogP contribution < -0.4 is 0 Å². The number of carbonyl (C=O) groups excluding carboxylic acids is 1. The minimum Gasteiger partial charge on any atom is -0.469 e. The van der Waals surface area contributed by atoms with Crippen molar-refractivity contribution in [1.29, 1.82) is 0 Å². The molecule has 0 heterocycles. The number of ether oxygens (including phenoxy) is 1. The van der Waals surface area contributed by atoms with Gasteiger partial charge >= 0.3 is 5.97 Å². The van der Waals surface area contributed by atoms with E-state index in [4.69, 9.17) is 0 Å². The van der Waals surface area contributed by atoms with Gasteiger partial charge in [0.2, 0.25) is 0 Å². The van der Waals surface area contributed by atoms with E-state index < -0.39 is 0 Å². The Bertz CT molecular complexity index is 148. The molecule has 2 heteroatoms. The molecule has 62 valence electrons. The number of carbonyl (C=O) groups is 1. The van der Waals surface area contributed by atoms with Crippen LogP contribution in [0.5, 0.6) is 0 Å². The Hall–Kier alpha value is -1.05. The summed E-state index contributed by atoms with van der Waals surface area (Å²) in [7, 11) is 1.40. The van der Waals surface area contributed by atoms with Crippen LogP contribution in [0.3, 0.4) is 0 Å². The van der Waals surface area contributed by atoms with Crippen molar-refractivity contribution >= 4 is 5.97 Å². The minimum atomic E-state index is -0.159. The number of methoxy groups -OCH3 is 1. The smallest absolute Gasteiger partial charge is 0.305 e. The van der Waals surface area contributed by atoms with E-state index in [0.29, 0.717) is 6.42 Å². The van der Waals surface area contributed by atoms with E-state index >= 15 is 0 Å². The molecule has 0 spiro atoms. The third-order valence-corrected chi connectivity index (χ3v) is 1.21. The molecule has 0 rings (SSSR count). The number of esters is 1. The van der Waals surface area contributed by atoms with E-state index in [2.05, 4.69) is 11.3 Å². The average Bonchev–Trinajstić information content (AvgIpc) is 2.04. The van der Waals surface area contributed by atoms with Crippen molar-refractivity contribution in [1.82, 2.24) is 0 Å². The second kappa shape index (κ2) is 7.06. The first-order chi connectivity index (χ1) is 5.31. The molecule has 2 nitrogen and oxygen atoms in total. The highest BCUT2D eigenvalue weighted by molar-refractivity contribution is 5.69.